The van der Waals surface area contributed by atoms with E-state index in [0.29, 0.717) is 5.56 Å². The lowest BCUT2D eigenvalue weighted by atomic mass is 9.80. The van der Waals surface area contributed by atoms with Crippen molar-refractivity contribution in [3.8, 4) is 0 Å². The Balaban J connectivity index is 1.47. The molecule has 7 N–H and O–H groups in total. The molecule has 0 unspecified atom stereocenters. The number of carbonyl (C=O) groups excluding carboxylic acids is 3. The number of hydrogen-bond donors (Lipinski definition) is 6. The monoisotopic (exact) mass is 825 g/mol. The third-order valence-electron chi connectivity index (χ3n) is 9.58. The first-order valence-electron chi connectivity index (χ1n) is 19.1. The standard InChI is InChI=1S/C38H59N5O15/c1-20-16-25(41-34(47)57-36(2,3)4)29(26(44)28(20)55-32-27(45)30(38(8,49)19-53-32)42(9)35(48)58-37(5,6)7)56-31-24(39)15-14-23(54-31)17-40-33(46)52-18-21-10-12-22(13-11-21)43(50)51/h10-14,20,24-32,44-45,49H,15-19,39H2,1-9H3,(H,40,46)(H,41,47)/t20-,24-,25+,26-,27-,28+,29-,30-,31-,32-,38+/m1/s1. The Labute approximate surface area is 337 Å². The molecule has 3 amide bonds. The number of hydrogen-bond acceptors (Lipinski definition) is 16. The van der Waals surface area contributed by atoms with Gasteiger partial charge in [0.15, 0.2) is 6.29 Å². The maximum Gasteiger partial charge on any atom is 0.410 e. The van der Waals surface area contributed by atoms with Crippen molar-refractivity contribution in [2.45, 2.75) is 147 Å². The Morgan fingerprint density at radius 1 is 1.00 bits per heavy atom. The summed E-state index contributed by atoms with van der Waals surface area (Å²) in [6, 6.07) is 2.70. The van der Waals surface area contributed by atoms with Crippen molar-refractivity contribution < 1.29 is 67.8 Å². The quantitative estimate of drug-likeness (QED) is 0.106. The second kappa shape index (κ2) is 18.7. The predicted molar refractivity (Wildman–Crippen MR) is 204 cm³/mol. The Bertz CT molecular complexity index is 1630. The molecule has 0 spiro atoms. The molecule has 0 aromatic heterocycles. The molecule has 1 aromatic carbocycles. The number of likely N-dealkylation sites (N-methyl/N-ethyl adjacent to an activating group) is 1. The van der Waals surface area contributed by atoms with E-state index in [1.807, 2.05) is 0 Å². The van der Waals surface area contributed by atoms with Crippen molar-refractivity contribution in [1.29, 1.82) is 0 Å². The maximum absolute atomic E-state index is 13.0. The van der Waals surface area contributed by atoms with E-state index in [-0.39, 0.29) is 44.0 Å². The first-order chi connectivity index (χ1) is 26.8. The number of aliphatic hydroxyl groups excluding tert-OH is 2. The third-order valence-corrected chi connectivity index (χ3v) is 9.58. The van der Waals surface area contributed by atoms with Crippen LogP contribution in [0, 0.1) is 16.0 Å². The minimum atomic E-state index is -1.71. The average Bonchev–Trinajstić information content (AvgIpc) is 3.10. The van der Waals surface area contributed by atoms with Gasteiger partial charge in [-0.2, -0.15) is 0 Å². The molecule has 20 heteroatoms. The Kier molecular flexibility index (Phi) is 15.0. The van der Waals surface area contributed by atoms with Crippen LogP contribution >= 0.6 is 0 Å². The number of ether oxygens (including phenoxy) is 7. The molecule has 2 aliphatic heterocycles. The lowest BCUT2D eigenvalue weighted by Gasteiger charge is -2.50. The van der Waals surface area contributed by atoms with Crippen LogP contribution in [0.5, 0.6) is 0 Å². The van der Waals surface area contributed by atoms with Gasteiger partial charge in [-0.15, -0.1) is 0 Å². The Morgan fingerprint density at radius 3 is 2.22 bits per heavy atom. The van der Waals surface area contributed by atoms with E-state index in [2.05, 4.69) is 10.6 Å². The highest BCUT2D eigenvalue weighted by Crippen LogP contribution is 2.36. The lowest BCUT2D eigenvalue weighted by Crippen LogP contribution is -2.68. The van der Waals surface area contributed by atoms with Gasteiger partial charge in [-0.25, -0.2) is 14.4 Å². The average molecular weight is 826 g/mol. The van der Waals surface area contributed by atoms with Crippen molar-refractivity contribution in [2.75, 3.05) is 20.2 Å². The normalized spacial score (nSPS) is 31.5. The number of nitro benzene ring substituents is 1. The van der Waals surface area contributed by atoms with Crippen LogP contribution in [-0.4, -0.2) is 136 Å². The molecule has 3 aliphatic rings. The maximum atomic E-state index is 13.0. The molecule has 1 saturated heterocycles. The summed E-state index contributed by atoms with van der Waals surface area (Å²) in [7, 11) is 1.38. The van der Waals surface area contributed by atoms with Gasteiger partial charge in [0.1, 0.15) is 47.5 Å². The second-order valence-corrected chi connectivity index (χ2v) is 17.1. The fraction of sp³-hybridized carbons (Fsp3) is 0.711. The van der Waals surface area contributed by atoms with Crippen molar-refractivity contribution in [3.05, 3.63) is 51.8 Å². The first kappa shape index (κ1) is 46.4. The van der Waals surface area contributed by atoms with Gasteiger partial charge in [0.05, 0.1) is 42.3 Å². The number of aliphatic hydroxyl groups is 3. The SMILES string of the molecule is C[C@@H]1C[C@H](NC(=O)OC(C)(C)C)[C@@H](O[C@H]2OC(CNC(=O)OCc3ccc([N+](=O)[O-])cc3)=CC[C@H]2N)[C@H](O)[C@H]1O[C@H]1OC[C@](C)(O)[C@H](N(C)C(=O)OC(C)(C)C)[C@H]1O. The number of nitro groups is 1. The van der Waals surface area contributed by atoms with Gasteiger partial charge in [-0.1, -0.05) is 6.92 Å². The van der Waals surface area contributed by atoms with Crippen molar-refractivity contribution in [1.82, 2.24) is 15.5 Å². The number of non-ortho nitro benzene ring substituents is 1. The van der Waals surface area contributed by atoms with E-state index in [4.69, 9.17) is 38.9 Å². The fourth-order valence-electron chi connectivity index (χ4n) is 6.87. The van der Waals surface area contributed by atoms with Crippen LogP contribution in [0.2, 0.25) is 0 Å². The fourth-order valence-corrected chi connectivity index (χ4v) is 6.87. The summed E-state index contributed by atoms with van der Waals surface area (Å²) < 4.78 is 40.6. The molecule has 11 atom stereocenters. The van der Waals surface area contributed by atoms with E-state index in [1.165, 1.54) is 38.2 Å². The largest absolute Gasteiger partial charge is 0.466 e. The lowest BCUT2D eigenvalue weighted by molar-refractivity contribution is -0.384. The number of nitrogens with zero attached hydrogens (tertiary/aromatic N) is 2. The van der Waals surface area contributed by atoms with Crippen LogP contribution < -0.4 is 16.4 Å². The summed E-state index contributed by atoms with van der Waals surface area (Å²) in [5.74, 6) is -0.222. The van der Waals surface area contributed by atoms with E-state index in [9.17, 15) is 39.8 Å². The predicted octanol–water partition coefficient (Wildman–Crippen LogP) is 2.55. The molecule has 326 valence electrons. The number of nitrogens with one attached hydrogen (secondary N) is 2. The van der Waals surface area contributed by atoms with Gasteiger partial charge in [0.2, 0.25) is 6.29 Å². The molecule has 2 heterocycles. The van der Waals surface area contributed by atoms with Gasteiger partial charge < -0.3 is 69.7 Å². The third kappa shape index (κ3) is 12.6. The highest BCUT2D eigenvalue weighted by Gasteiger charge is 2.54. The summed E-state index contributed by atoms with van der Waals surface area (Å²) in [4.78, 5) is 49.9. The summed E-state index contributed by atoms with van der Waals surface area (Å²) in [6.45, 7) is 12.7. The minimum Gasteiger partial charge on any atom is -0.466 e. The number of amides is 3. The highest BCUT2D eigenvalue weighted by molar-refractivity contribution is 5.69. The first-order valence-corrected chi connectivity index (χ1v) is 19.1. The van der Waals surface area contributed by atoms with Crippen molar-refractivity contribution >= 4 is 24.0 Å². The smallest absolute Gasteiger partial charge is 0.410 e. The molecule has 20 nitrogen and oxygen atoms in total. The van der Waals surface area contributed by atoms with Gasteiger partial charge in [0.25, 0.3) is 5.69 Å². The van der Waals surface area contributed by atoms with Crippen molar-refractivity contribution in [3.63, 3.8) is 0 Å². The van der Waals surface area contributed by atoms with Gasteiger partial charge >= 0.3 is 18.3 Å². The van der Waals surface area contributed by atoms with E-state index >= 15 is 0 Å². The Morgan fingerprint density at radius 2 is 1.62 bits per heavy atom. The number of alkyl carbamates (subject to hydrolysis) is 2. The van der Waals surface area contributed by atoms with Gasteiger partial charge in [-0.05, 0) is 91.0 Å². The van der Waals surface area contributed by atoms with E-state index < -0.39 is 101 Å². The Hall–Kier alpha value is -4.31. The summed E-state index contributed by atoms with van der Waals surface area (Å²) in [6.07, 6.45) is -8.29. The topological polar surface area (TPSA) is 273 Å². The highest BCUT2D eigenvalue weighted by atomic mass is 16.7. The molecule has 1 aliphatic carbocycles. The molecule has 2 fully saturated rings. The molecular formula is C38H59N5O15. The molecule has 0 radical (unpaired) electrons. The van der Waals surface area contributed by atoms with Crippen LogP contribution in [-0.2, 0) is 39.8 Å². The van der Waals surface area contributed by atoms with Crippen LogP contribution in [0.1, 0.15) is 73.8 Å². The van der Waals surface area contributed by atoms with Crippen LogP contribution in [0.15, 0.2) is 36.1 Å². The van der Waals surface area contributed by atoms with Gasteiger partial charge in [0, 0.05) is 19.2 Å². The number of benzene rings is 1. The molecule has 1 aromatic rings. The summed E-state index contributed by atoms with van der Waals surface area (Å²) >= 11 is 0. The van der Waals surface area contributed by atoms with Crippen LogP contribution in [0.3, 0.4) is 0 Å². The summed E-state index contributed by atoms with van der Waals surface area (Å²) in [5, 5.41) is 50.9. The molecule has 58 heavy (non-hydrogen) atoms. The van der Waals surface area contributed by atoms with E-state index in [0.717, 1.165) is 4.90 Å². The number of rotatable bonds is 11. The van der Waals surface area contributed by atoms with Crippen molar-refractivity contribution in [2.24, 2.45) is 11.7 Å². The summed E-state index contributed by atoms with van der Waals surface area (Å²) in [5.41, 5.74) is 3.43. The van der Waals surface area contributed by atoms with Crippen LogP contribution in [0.25, 0.3) is 0 Å². The molecule has 1 saturated carbocycles. The molecular weight excluding hydrogens is 766 g/mol. The molecule has 0 bridgehead atoms. The van der Waals surface area contributed by atoms with E-state index in [1.54, 1.807) is 54.5 Å². The zero-order valence-electron chi connectivity index (χ0n) is 34.4. The van der Waals surface area contributed by atoms with Gasteiger partial charge in [-0.3, -0.25) is 10.1 Å². The zero-order valence-corrected chi connectivity index (χ0v) is 34.4. The zero-order chi connectivity index (χ0) is 43.3. The second-order valence-electron chi connectivity index (χ2n) is 17.1. The molecule has 4 rings (SSSR count). The number of nitrogens with two attached hydrogens (primary N) is 1. The minimum absolute atomic E-state index is 0.0969. The number of carbonyl (C=O) groups is 3. The van der Waals surface area contributed by atoms with Crippen LogP contribution in [0.4, 0.5) is 20.1 Å².